The number of benzene rings is 1. The molecule has 0 amide bonds. The molecule has 1 aliphatic carbocycles. The minimum absolute atomic E-state index is 0.0333. The van der Waals surface area contributed by atoms with Crippen molar-refractivity contribution in [2.45, 2.75) is 25.2 Å². The highest BCUT2D eigenvalue weighted by Crippen LogP contribution is 2.34. The van der Waals surface area contributed by atoms with Crippen LogP contribution in [0, 0.1) is 5.82 Å². The average Bonchev–Trinajstić information content (AvgIpc) is 2.56. The summed E-state index contributed by atoms with van der Waals surface area (Å²) in [5, 5.41) is 0. The summed E-state index contributed by atoms with van der Waals surface area (Å²) in [6.45, 7) is 0. The van der Waals surface area contributed by atoms with E-state index in [0.717, 1.165) is 6.42 Å². The molecule has 0 spiro atoms. The highest BCUT2D eigenvalue weighted by molar-refractivity contribution is 5.81. The average molecular weight is 193 g/mol. The number of nitrogen functional groups attached to an aromatic ring is 1. The van der Waals surface area contributed by atoms with E-state index in [1.54, 1.807) is 6.07 Å². The second-order valence-electron chi connectivity index (χ2n) is 3.76. The van der Waals surface area contributed by atoms with Gasteiger partial charge in [0, 0.05) is 18.5 Å². The molecule has 1 fully saturated rings. The first-order valence-electron chi connectivity index (χ1n) is 4.73. The maximum atomic E-state index is 13.4. The van der Waals surface area contributed by atoms with Gasteiger partial charge >= 0.3 is 0 Å². The third kappa shape index (κ3) is 1.62. The van der Waals surface area contributed by atoms with E-state index in [9.17, 15) is 9.18 Å². The Morgan fingerprint density at radius 1 is 1.43 bits per heavy atom. The number of rotatable bonds is 1. The van der Waals surface area contributed by atoms with Gasteiger partial charge in [0.2, 0.25) is 0 Å². The van der Waals surface area contributed by atoms with Crippen LogP contribution in [-0.2, 0) is 4.79 Å². The molecule has 0 aromatic heterocycles. The van der Waals surface area contributed by atoms with Crippen LogP contribution in [0.25, 0.3) is 0 Å². The summed E-state index contributed by atoms with van der Waals surface area (Å²) in [4.78, 5) is 11.1. The standard InChI is InChI=1S/C11H12FNO/c12-11-4-2-8(13)6-10(11)7-1-3-9(14)5-7/h2,4,6-7H,1,3,5,13H2. The first-order valence-corrected chi connectivity index (χ1v) is 4.73. The summed E-state index contributed by atoms with van der Waals surface area (Å²) >= 11 is 0. The van der Waals surface area contributed by atoms with E-state index >= 15 is 0 Å². The number of carbonyl (C=O) groups excluding carboxylic acids is 1. The van der Waals surface area contributed by atoms with E-state index < -0.39 is 0 Å². The van der Waals surface area contributed by atoms with Crippen molar-refractivity contribution >= 4 is 11.5 Å². The predicted octanol–water partition coefficient (Wildman–Crippen LogP) is 2.24. The number of anilines is 1. The normalized spacial score (nSPS) is 21.5. The van der Waals surface area contributed by atoms with Gasteiger partial charge in [0.05, 0.1) is 0 Å². The third-order valence-electron chi connectivity index (χ3n) is 2.71. The molecule has 1 aliphatic rings. The largest absolute Gasteiger partial charge is 0.399 e. The Labute approximate surface area is 81.9 Å². The quantitative estimate of drug-likeness (QED) is 0.695. The van der Waals surface area contributed by atoms with Gasteiger partial charge in [-0.3, -0.25) is 4.79 Å². The number of Topliss-reactive ketones (excluding diaryl/α,β-unsaturated/α-hetero) is 1. The topological polar surface area (TPSA) is 43.1 Å². The summed E-state index contributed by atoms with van der Waals surface area (Å²) in [6, 6.07) is 4.54. The first kappa shape index (κ1) is 9.19. The van der Waals surface area contributed by atoms with Gasteiger partial charge in [-0.25, -0.2) is 4.39 Å². The summed E-state index contributed by atoms with van der Waals surface area (Å²) in [7, 11) is 0. The van der Waals surface area contributed by atoms with Gasteiger partial charge in [0.1, 0.15) is 11.6 Å². The Morgan fingerprint density at radius 3 is 2.86 bits per heavy atom. The van der Waals surface area contributed by atoms with Crippen LogP contribution in [0.15, 0.2) is 18.2 Å². The molecule has 2 nitrogen and oxygen atoms in total. The van der Waals surface area contributed by atoms with Crippen LogP contribution >= 0.6 is 0 Å². The van der Waals surface area contributed by atoms with Crippen molar-refractivity contribution in [2.75, 3.05) is 5.73 Å². The Hall–Kier alpha value is -1.38. The zero-order valence-corrected chi connectivity index (χ0v) is 7.79. The highest BCUT2D eigenvalue weighted by Gasteiger charge is 2.25. The highest BCUT2D eigenvalue weighted by atomic mass is 19.1. The molecule has 1 atom stereocenters. The van der Waals surface area contributed by atoms with Crippen LogP contribution in [0.2, 0.25) is 0 Å². The van der Waals surface area contributed by atoms with Gasteiger partial charge in [-0.1, -0.05) is 0 Å². The lowest BCUT2D eigenvalue weighted by Gasteiger charge is -2.10. The summed E-state index contributed by atoms with van der Waals surface area (Å²) in [5.74, 6) is 0.00160. The fraction of sp³-hybridized carbons (Fsp3) is 0.364. The molecule has 2 N–H and O–H groups in total. The van der Waals surface area contributed by atoms with Gasteiger partial charge in [0.25, 0.3) is 0 Å². The molecule has 74 valence electrons. The van der Waals surface area contributed by atoms with Crippen molar-refractivity contribution in [2.24, 2.45) is 0 Å². The fourth-order valence-corrected chi connectivity index (χ4v) is 1.95. The van der Waals surface area contributed by atoms with Crippen LogP contribution in [0.5, 0.6) is 0 Å². The Bertz CT molecular complexity index is 376. The molecule has 0 heterocycles. The van der Waals surface area contributed by atoms with Crippen molar-refractivity contribution in [3.8, 4) is 0 Å². The molecular formula is C11H12FNO. The molecule has 0 saturated heterocycles. The minimum atomic E-state index is -0.251. The maximum absolute atomic E-state index is 13.4. The monoisotopic (exact) mass is 193 g/mol. The van der Waals surface area contributed by atoms with Gasteiger partial charge in [-0.05, 0) is 36.1 Å². The van der Waals surface area contributed by atoms with Crippen LogP contribution < -0.4 is 5.73 Å². The number of ketones is 1. The lowest BCUT2D eigenvalue weighted by atomic mass is 9.97. The van der Waals surface area contributed by atoms with Crippen molar-refractivity contribution in [1.82, 2.24) is 0 Å². The van der Waals surface area contributed by atoms with Crippen molar-refractivity contribution in [1.29, 1.82) is 0 Å². The smallest absolute Gasteiger partial charge is 0.133 e. The SMILES string of the molecule is Nc1ccc(F)c(C2CCC(=O)C2)c1. The number of hydrogen-bond acceptors (Lipinski definition) is 2. The van der Waals surface area contributed by atoms with Crippen molar-refractivity contribution < 1.29 is 9.18 Å². The van der Waals surface area contributed by atoms with Gasteiger partial charge < -0.3 is 5.73 Å². The number of nitrogens with two attached hydrogens (primary N) is 1. The number of halogens is 1. The molecule has 1 saturated carbocycles. The Kier molecular flexibility index (Phi) is 2.23. The van der Waals surface area contributed by atoms with Crippen LogP contribution in [-0.4, -0.2) is 5.78 Å². The molecular weight excluding hydrogens is 181 g/mol. The summed E-state index contributed by atoms with van der Waals surface area (Å²) in [5.41, 5.74) is 6.73. The Morgan fingerprint density at radius 2 is 2.21 bits per heavy atom. The molecule has 1 aromatic rings. The summed E-state index contributed by atoms with van der Waals surface area (Å²) < 4.78 is 13.4. The van der Waals surface area contributed by atoms with E-state index in [1.807, 2.05) is 0 Å². The number of hydrogen-bond donors (Lipinski definition) is 1. The van der Waals surface area contributed by atoms with Crippen LogP contribution in [0.1, 0.15) is 30.7 Å². The van der Waals surface area contributed by atoms with E-state index in [2.05, 4.69) is 0 Å². The fourth-order valence-electron chi connectivity index (χ4n) is 1.95. The van der Waals surface area contributed by atoms with Crippen molar-refractivity contribution in [3.63, 3.8) is 0 Å². The second kappa shape index (κ2) is 3.40. The molecule has 0 radical (unpaired) electrons. The third-order valence-corrected chi connectivity index (χ3v) is 2.71. The number of carbonyl (C=O) groups is 1. The Balaban J connectivity index is 2.31. The zero-order chi connectivity index (χ0) is 10.1. The van der Waals surface area contributed by atoms with Crippen LogP contribution in [0.4, 0.5) is 10.1 Å². The van der Waals surface area contributed by atoms with E-state index in [0.29, 0.717) is 24.1 Å². The van der Waals surface area contributed by atoms with E-state index in [4.69, 9.17) is 5.73 Å². The van der Waals surface area contributed by atoms with E-state index in [1.165, 1.54) is 12.1 Å². The molecule has 0 bridgehead atoms. The molecule has 3 heteroatoms. The molecule has 2 rings (SSSR count). The van der Waals surface area contributed by atoms with E-state index in [-0.39, 0.29) is 17.5 Å². The minimum Gasteiger partial charge on any atom is -0.399 e. The molecule has 14 heavy (non-hydrogen) atoms. The lowest BCUT2D eigenvalue weighted by molar-refractivity contribution is -0.117. The summed E-state index contributed by atoms with van der Waals surface area (Å²) in [6.07, 6.45) is 1.78. The van der Waals surface area contributed by atoms with Gasteiger partial charge in [-0.2, -0.15) is 0 Å². The predicted molar refractivity (Wildman–Crippen MR) is 52.4 cm³/mol. The zero-order valence-electron chi connectivity index (χ0n) is 7.79. The maximum Gasteiger partial charge on any atom is 0.133 e. The lowest BCUT2D eigenvalue weighted by Crippen LogP contribution is -1.99. The van der Waals surface area contributed by atoms with Crippen molar-refractivity contribution in [3.05, 3.63) is 29.6 Å². The van der Waals surface area contributed by atoms with Crippen LogP contribution in [0.3, 0.4) is 0 Å². The molecule has 1 unspecified atom stereocenters. The second-order valence-corrected chi connectivity index (χ2v) is 3.76. The first-order chi connectivity index (χ1) is 6.66. The molecule has 0 aliphatic heterocycles. The van der Waals surface area contributed by atoms with Gasteiger partial charge in [0.15, 0.2) is 0 Å². The van der Waals surface area contributed by atoms with Gasteiger partial charge in [-0.15, -0.1) is 0 Å². The molecule has 1 aromatic carbocycles.